The SMILES string of the molecule is CCc1ccc(NC(=O)CCCNC(=O)OC(C)(C)C)cc1. The van der Waals surface area contributed by atoms with E-state index < -0.39 is 11.7 Å². The van der Waals surface area contributed by atoms with E-state index in [4.69, 9.17) is 4.74 Å². The molecule has 0 aromatic heterocycles. The summed E-state index contributed by atoms with van der Waals surface area (Å²) in [5.41, 5.74) is 1.52. The molecule has 1 rings (SSSR count). The smallest absolute Gasteiger partial charge is 0.407 e. The number of hydrogen-bond acceptors (Lipinski definition) is 3. The highest BCUT2D eigenvalue weighted by atomic mass is 16.6. The van der Waals surface area contributed by atoms with Gasteiger partial charge in [-0.05, 0) is 51.3 Å². The van der Waals surface area contributed by atoms with Crippen LogP contribution in [0.1, 0.15) is 46.1 Å². The van der Waals surface area contributed by atoms with E-state index in [-0.39, 0.29) is 5.91 Å². The Kier molecular flexibility index (Phi) is 6.89. The van der Waals surface area contributed by atoms with Gasteiger partial charge in [-0.3, -0.25) is 4.79 Å². The lowest BCUT2D eigenvalue weighted by molar-refractivity contribution is -0.116. The molecule has 0 saturated carbocycles. The van der Waals surface area contributed by atoms with Crippen LogP contribution in [0.2, 0.25) is 0 Å². The molecule has 1 aromatic carbocycles. The van der Waals surface area contributed by atoms with E-state index in [0.717, 1.165) is 12.1 Å². The second-order valence-electron chi connectivity index (χ2n) is 6.13. The molecule has 0 unspecified atom stereocenters. The molecular weight excluding hydrogens is 280 g/mol. The van der Waals surface area contributed by atoms with Gasteiger partial charge >= 0.3 is 6.09 Å². The van der Waals surface area contributed by atoms with Crippen molar-refractivity contribution in [2.24, 2.45) is 0 Å². The Balaban J connectivity index is 2.21. The van der Waals surface area contributed by atoms with Crippen LogP contribution in [-0.2, 0) is 16.0 Å². The maximum absolute atomic E-state index is 11.8. The van der Waals surface area contributed by atoms with Crippen LogP contribution in [0.5, 0.6) is 0 Å². The first kappa shape index (κ1) is 18.0. The molecule has 5 heteroatoms. The van der Waals surface area contributed by atoms with Crippen molar-refractivity contribution in [3.05, 3.63) is 29.8 Å². The maximum Gasteiger partial charge on any atom is 0.407 e. The number of nitrogens with one attached hydrogen (secondary N) is 2. The molecule has 0 atom stereocenters. The van der Waals surface area contributed by atoms with Crippen molar-refractivity contribution in [2.45, 2.75) is 52.6 Å². The quantitative estimate of drug-likeness (QED) is 0.791. The first-order chi connectivity index (χ1) is 10.3. The first-order valence-electron chi connectivity index (χ1n) is 7.66. The molecular formula is C17H26N2O3. The standard InChI is InChI=1S/C17H26N2O3/c1-5-13-8-10-14(11-9-13)19-15(20)7-6-12-18-16(21)22-17(2,3)4/h8-11H,5-7,12H2,1-4H3,(H,18,21)(H,19,20). The Bertz CT molecular complexity index is 490. The van der Waals surface area contributed by atoms with Crippen LogP contribution in [0.4, 0.5) is 10.5 Å². The molecule has 2 amide bonds. The third kappa shape index (κ3) is 7.67. The molecule has 2 N–H and O–H groups in total. The molecule has 0 fully saturated rings. The van der Waals surface area contributed by atoms with Crippen LogP contribution < -0.4 is 10.6 Å². The zero-order chi connectivity index (χ0) is 16.6. The minimum Gasteiger partial charge on any atom is -0.444 e. The third-order valence-corrected chi connectivity index (χ3v) is 2.89. The molecule has 1 aromatic rings. The van der Waals surface area contributed by atoms with E-state index in [9.17, 15) is 9.59 Å². The molecule has 0 bridgehead atoms. The van der Waals surface area contributed by atoms with E-state index in [1.54, 1.807) is 0 Å². The van der Waals surface area contributed by atoms with Gasteiger partial charge in [-0.15, -0.1) is 0 Å². The summed E-state index contributed by atoms with van der Waals surface area (Å²) in [6.45, 7) is 7.93. The Morgan fingerprint density at radius 2 is 1.77 bits per heavy atom. The fourth-order valence-corrected chi connectivity index (χ4v) is 1.80. The van der Waals surface area contributed by atoms with Crippen LogP contribution in [-0.4, -0.2) is 24.1 Å². The van der Waals surface area contributed by atoms with Crippen molar-refractivity contribution in [3.8, 4) is 0 Å². The second kappa shape index (κ2) is 8.41. The van der Waals surface area contributed by atoms with Gasteiger partial charge in [0.25, 0.3) is 0 Å². The molecule has 0 radical (unpaired) electrons. The van der Waals surface area contributed by atoms with Crippen LogP contribution in [0, 0.1) is 0 Å². The summed E-state index contributed by atoms with van der Waals surface area (Å²) in [4.78, 5) is 23.2. The number of aryl methyl sites for hydroxylation is 1. The molecule has 0 aliphatic carbocycles. The molecule has 0 heterocycles. The minimum absolute atomic E-state index is 0.0600. The Labute approximate surface area is 132 Å². The molecule has 122 valence electrons. The fourth-order valence-electron chi connectivity index (χ4n) is 1.80. The van der Waals surface area contributed by atoms with Gasteiger partial charge in [-0.1, -0.05) is 19.1 Å². The maximum atomic E-state index is 11.8. The molecule has 0 aliphatic heterocycles. The lowest BCUT2D eigenvalue weighted by Gasteiger charge is -2.19. The summed E-state index contributed by atoms with van der Waals surface area (Å²) in [5, 5.41) is 5.47. The zero-order valence-corrected chi connectivity index (χ0v) is 13.9. The number of ether oxygens (including phenoxy) is 1. The van der Waals surface area contributed by atoms with E-state index >= 15 is 0 Å². The largest absolute Gasteiger partial charge is 0.444 e. The number of carbonyl (C=O) groups is 2. The van der Waals surface area contributed by atoms with Crippen molar-refractivity contribution in [3.63, 3.8) is 0 Å². The van der Waals surface area contributed by atoms with E-state index in [2.05, 4.69) is 17.6 Å². The van der Waals surface area contributed by atoms with E-state index in [0.29, 0.717) is 19.4 Å². The van der Waals surface area contributed by atoms with Gasteiger partial charge < -0.3 is 15.4 Å². The molecule has 0 spiro atoms. The van der Waals surface area contributed by atoms with Crippen LogP contribution in [0.3, 0.4) is 0 Å². The zero-order valence-electron chi connectivity index (χ0n) is 13.9. The molecule has 22 heavy (non-hydrogen) atoms. The number of hydrogen-bond donors (Lipinski definition) is 2. The van der Waals surface area contributed by atoms with Crippen molar-refractivity contribution >= 4 is 17.7 Å². The van der Waals surface area contributed by atoms with Gasteiger partial charge in [0.2, 0.25) is 5.91 Å². The summed E-state index contributed by atoms with van der Waals surface area (Å²) in [6.07, 6.45) is 1.44. The monoisotopic (exact) mass is 306 g/mol. The molecule has 0 aliphatic rings. The topological polar surface area (TPSA) is 67.4 Å². The van der Waals surface area contributed by atoms with Crippen LogP contribution in [0.25, 0.3) is 0 Å². The normalized spacial score (nSPS) is 10.9. The summed E-state index contributed by atoms with van der Waals surface area (Å²) in [5.74, 6) is -0.0600. The minimum atomic E-state index is -0.508. The van der Waals surface area contributed by atoms with Gasteiger partial charge in [-0.25, -0.2) is 4.79 Å². The van der Waals surface area contributed by atoms with Crippen molar-refractivity contribution < 1.29 is 14.3 Å². The lowest BCUT2D eigenvalue weighted by atomic mass is 10.1. The highest BCUT2D eigenvalue weighted by molar-refractivity contribution is 5.90. The van der Waals surface area contributed by atoms with Gasteiger partial charge in [0, 0.05) is 18.7 Å². The predicted octanol–water partition coefficient (Wildman–Crippen LogP) is 3.49. The Hall–Kier alpha value is -2.04. The highest BCUT2D eigenvalue weighted by Gasteiger charge is 2.15. The second-order valence-corrected chi connectivity index (χ2v) is 6.13. The van der Waals surface area contributed by atoms with Gasteiger partial charge in [0.05, 0.1) is 0 Å². The number of alkyl carbamates (subject to hydrolysis) is 1. The Morgan fingerprint density at radius 1 is 1.14 bits per heavy atom. The molecule has 5 nitrogen and oxygen atoms in total. The van der Waals surface area contributed by atoms with Crippen LogP contribution >= 0.6 is 0 Å². The number of benzene rings is 1. The Morgan fingerprint density at radius 3 is 2.32 bits per heavy atom. The summed E-state index contributed by atoms with van der Waals surface area (Å²) >= 11 is 0. The van der Waals surface area contributed by atoms with Gasteiger partial charge in [-0.2, -0.15) is 0 Å². The summed E-state index contributed by atoms with van der Waals surface area (Å²) in [7, 11) is 0. The van der Waals surface area contributed by atoms with E-state index in [1.165, 1.54) is 5.56 Å². The lowest BCUT2D eigenvalue weighted by Crippen LogP contribution is -2.33. The fraction of sp³-hybridized carbons (Fsp3) is 0.529. The van der Waals surface area contributed by atoms with Crippen molar-refractivity contribution in [1.29, 1.82) is 0 Å². The average molecular weight is 306 g/mol. The highest BCUT2D eigenvalue weighted by Crippen LogP contribution is 2.10. The number of carbonyl (C=O) groups excluding carboxylic acids is 2. The van der Waals surface area contributed by atoms with Crippen LogP contribution in [0.15, 0.2) is 24.3 Å². The first-order valence-corrected chi connectivity index (χ1v) is 7.66. The van der Waals surface area contributed by atoms with Gasteiger partial charge in [0.1, 0.15) is 5.60 Å². The van der Waals surface area contributed by atoms with E-state index in [1.807, 2.05) is 45.0 Å². The third-order valence-electron chi connectivity index (χ3n) is 2.89. The summed E-state index contributed by atoms with van der Waals surface area (Å²) < 4.78 is 5.11. The number of anilines is 1. The van der Waals surface area contributed by atoms with Crippen molar-refractivity contribution in [2.75, 3.05) is 11.9 Å². The van der Waals surface area contributed by atoms with Gasteiger partial charge in [0.15, 0.2) is 0 Å². The number of amides is 2. The number of rotatable bonds is 6. The van der Waals surface area contributed by atoms with Crippen molar-refractivity contribution in [1.82, 2.24) is 5.32 Å². The summed E-state index contributed by atoms with van der Waals surface area (Å²) in [6, 6.07) is 7.80. The average Bonchev–Trinajstić information content (AvgIpc) is 2.42. The molecule has 0 saturated heterocycles. The predicted molar refractivity (Wildman–Crippen MR) is 87.9 cm³/mol.